The van der Waals surface area contributed by atoms with E-state index in [2.05, 4.69) is 9.97 Å². The summed E-state index contributed by atoms with van der Waals surface area (Å²) in [5, 5.41) is 0.0801. The highest BCUT2D eigenvalue weighted by Crippen LogP contribution is 2.34. The molecule has 2 rings (SSSR count). The van der Waals surface area contributed by atoms with Crippen molar-refractivity contribution < 1.29 is 13.9 Å². The van der Waals surface area contributed by atoms with Crippen LogP contribution in [0.2, 0.25) is 10.0 Å². The number of hydrogen-bond donors (Lipinski definition) is 0. The van der Waals surface area contributed by atoms with Crippen molar-refractivity contribution in [2.45, 2.75) is 0 Å². The van der Waals surface area contributed by atoms with Gasteiger partial charge in [-0.3, -0.25) is 4.79 Å². The maximum absolute atomic E-state index is 13.9. The Balaban J connectivity index is 2.68. The molecule has 0 aliphatic heterocycles. The van der Waals surface area contributed by atoms with Gasteiger partial charge in [0, 0.05) is 11.1 Å². The number of benzene rings is 1. The molecule has 0 aliphatic carbocycles. The number of rotatable bonds is 3. The van der Waals surface area contributed by atoms with Gasteiger partial charge in [0.1, 0.15) is 17.2 Å². The van der Waals surface area contributed by atoms with Crippen LogP contribution in [0.1, 0.15) is 10.4 Å². The summed E-state index contributed by atoms with van der Waals surface area (Å²) in [4.78, 5) is 18.5. The molecule has 0 aliphatic rings. The molecule has 4 nitrogen and oxygen atoms in total. The van der Waals surface area contributed by atoms with Crippen molar-refractivity contribution in [3.8, 4) is 17.1 Å². The smallest absolute Gasteiger partial charge is 0.236 e. The number of halogens is 3. The Morgan fingerprint density at radius 2 is 2.05 bits per heavy atom. The van der Waals surface area contributed by atoms with Gasteiger partial charge in [-0.25, -0.2) is 14.4 Å². The first-order chi connectivity index (χ1) is 9.08. The van der Waals surface area contributed by atoms with Crippen molar-refractivity contribution >= 4 is 29.5 Å². The molecule has 0 unspecified atom stereocenters. The van der Waals surface area contributed by atoms with E-state index in [1.807, 2.05) is 0 Å². The van der Waals surface area contributed by atoms with E-state index in [1.165, 1.54) is 19.5 Å². The molecule has 1 aromatic heterocycles. The fraction of sp³-hybridized carbons (Fsp3) is 0.0833. The zero-order valence-corrected chi connectivity index (χ0v) is 11.2. The Labute approximate surface area is 118 Å². The average Bonchev–Trinajstić information content (AvgIpc) is 2.40. The second-order valence-corrected chi connectivity index (χ2v) is 4.30. The number of methoxy groups -OCH3 is 1. The fourth-order valence-electron chi connectivity index (χ4n) is 1.52. The van der Waals surface area contributed by atoms with Gasteiger partial charge < -0.3 is 4.74 Å². The van der Waals surface area contributed by atoms with E-state index >= 15 is 0 Å². The molecule has 7 heteroatoms. The molecule has 98 valence electrons. The van der Waals surface area contributed by atoms with E-state index in [0.29, 0.717) is 6.29 Å². The molecule has 1 aromatic carbocycles. The van der Waals surface area contributed by atoms with E-state index in [-0.39, 0.29) is 32.7 Å². The Morgan fingerprint density at radius 1 is 1.32 bits per heavy atom. The van der Waals surface area contributed by atoms with Crippen LogP contribution in [0.15, 0.2) is 18.5 Å². The highest BCUT2D eigenvalue weighted by atomic mass is 35.5. The summed E-state index contributed by atoms with van der Waals surface area (Å²) in [6, 6.07) is 2.31. The van der Waals surface area contributed by atoms with Crippen LogP contribution >= 0.6 is 23.2 Å². The SMILES string of the molecule is COc1ncnc(-c2cc(C=O)c(Cl)cc2F)c1Cl. The molecule has 0 fully saturated rings. The molecule has 0 radical (unpaired) electrons. The Bertz CT molecular complexity index is 650. The average molecular weight is 301 g/mol. The van der Waals surface area contributed by atoms with E-state index in [0.717, 1.165) is 6.07 Å². The summed E-state index contributed by atoms with van der Waals surface area (Å²) in [6.07, 6.45) is 1.71. The maximum Gasteiger partial charge on any atom is 0.236 e. The minimum absolute atomic E-state index is 0.0217. The summed E-state index contributed by atoms with van der Waals surface area (Å²) >= 11 is 11.7. The minimum atomic E-state index is -0.641. The first-order valence-electron chi connectivity index (χ1n) is 5.07. The molecule has 0 spiro atoms. The third-order valence-electron chi connectivity index (χ3n) is 2.42. The van der Waals surface area contributed by atoms with E-state index in [1.54, 1.807) is 0 Å². The summed E-state index contributed by atoms with van der Waals surface area (Å²) in [5.74, 6) is -0.521. The van der Waals surface area contributed by atoms with Crippen LogP contribution in [0.3, 0.4) is 0 Å². The monoisotopic (exact) mass is 300 g/mol. The van der Waals surface area contributed by atoms with Crippen LogP contribution in [0, 0.1) is 5.82 Å². The molecule has 0 amide bonds. The van der Waals surface area contributed by atoms with E-state index in [9.17, 15) is 9.18 Å². The van der Waals surface area contributed by atoms with Crippen LogP contribution in [0.25, 0.3) is 11.3 Å². The lowest BCUT2D eigenvalue weighted by Gasteiger charge is -2.08. The highest BCUT2D eigenvalue weighted by molar-refractivity contribution is 6.34. The molecular formula is C12H7Cl2FN2O2. The Hall–Kier alpha value is -1.72. The van der Waals surface area contributed by atoms with Gasteiger partial charge in [0.05, 0.1) is 17.8 Å². The number of carbonyl (C=O) groups is 1. The van der Waals surface area contributed by atoms with Crippen LogP contribution in [-0.4, -0.2) is 23.4 Å². The second-order valence-electron chi connectivity index (χ2n) is 3.52. The molecule has 1 heterocycles. The summed E-state index contributed by atoms with van der Waals surface area (Å²) in [6.45, 7) is 0. The third-order valence-corrected chi connectivity index (χ3v) is 3.09. The van der Waals surface area contributed by atoms with Crippen molar-refractivity contribution in [3.63, 3.8) is 0 Å². The van der Waals surface area contributed by atoms with Gasteiger partial charge in [-0.05, 0) is 12.1 Å². The molecule has 19 heavy (non-hydrogen) atoms. The second kappa shape index (κ2) is 5.50. The van der Waals surface area contributed by atoms with Gasteiger partial charge in [0.25, 0.3) is 0 Å². The predicted molar refractivity (Wildman–Crippen MR) is 69.4 cm³/mol. The van der Waals surface area contributed by atoms with Gasteiger partial charge in [-0.1, -0.05) is 23.2 Å². The van der Waals surface area contributed by atoms with E-state index < -0.39 is 5.82 Å². The number of nitrogens with zero attached hydrogens (tertiary/aromatic N) is 2. The van der Waals surface area contributed by atoms with Crippen LogP contribution < -0.4 is 4.74 Å². The highest BCUT2D eigenvalue weighted by Gasteiger charge is 2.17. The lowest BCUT2D eigenvalue weighted by molar-refractivity contribution is 0.112. The Morgan fingerprint density at radius 3 is 2.68 bits per heavy atom. The topological polar surface area (TPSA) is 52.1 Å². The first-order valence-corrected chi connectivity index (χ1v) is 5.83. The fourth-order valence-corrected chi connectivity index (χ4v) is 1.99. The van der Waals surface area contributed by atoms with Gasteiger partial charge in [-0.15, -0.1) is 0 Å². The summed E-state index contributed by atoms with van der Waals surface area (Å²) < 4.78 is 18.8. The van der Waals surface area contributed by atoms with Crippen molar-refractivity contribution in [2.24, 2.45) is 0 Å². The molecule has 0 saturated carbocycles. The Kier molecular flexibility index (Phi) is 3.97. The number of aldehydes is 1. The van der Waals surface area contributed by atoms with Gasteiger partial charge in [0.2, 0.25) is 5.88 Å². The lowest BCUT2D eigenvalue weighted by atomic mass is 10.1. The van der Waals surface area contributed by atoms with Crippen LogP contribution in [-0.2, 0) is 0 Å². The normalized spacial score (nSPS) is 10.3. The van der Waals surface area contributed by atoms with Gasteiger partial charge >= 0.3 is 0 Å². The maximum atomic E-state index is 13.9. The molecule has 0 N–H and O–H groups in total. The number of hydrogen-bond acceptors (Lipinski definition) is 4. The zero-order valence-electron chi connectivity index (χ0n) is 9.65. The lowest BCUT2D eigenvalue weighted by Crippen LogP contribution is -1.97. The van der Waals surface area contributed by atoms with Crippen LogP contribution in [0.5, 0.6) is 5.88 Å². The van der Waals surface area contributed by atoms with Crippen LogP contribution in [0.4, 0.5) is 4.39 Å². The van der Waals surface area contributed by atoms with E-state index in [4.69, 9.17) is 27.9 Å². The zero-order chi connectivity index (χ0) is 14.0. The van der Waals surface area contributed by atoms with Gasteiger partial charge in [-0.2, -0.15) is 0 Å². The quantitative estimate of drug-likeness (QED) is 0.815. The molecule has 0 atom stereocenters. The van der Waals surface area contributed by atoms with Crippen molar-refractivity contribution in [2.75, 3.05) is 7.11 Å². The number of aromatic nitrogens is 2. The number of carbonyl (C=O) groups excluding carboxylic acids is 1. The van der Waals surface area contributed by atoms with Crippen molar-refractivity contribution in [1.29, 1.82) is 0 Å². The standard InChI is InChI=1S/C12H7Cl2FN2O2/c1-19-12-10(14)11(16-5-17-12)7-2-6(4-18)8(13)3-9(7)15/h2-5H,1H3. The van der Waals surface area contributed by atoms with Gasteiger partial charge in [0.15, 0.2) is 6.29 Å². The molecule has 0 bridgehead atoms. The van der Waals surface area contributed by atoms with Crippen molar-refractivity contribution in [1.82, 2.24) is 9.97 Å². The summed E-state index contributed by atoms with van der Waals surface area (Å²) in [5.41, 5.74) is 0.328. The number of ether oxygens (including phenoxy) is 1. The minimum Gasteiger partial charge on any atom is -0.480 e. The molecular weight excluding hydrogens is 294 g/mol. The first kappa shape index (κ1) is 13.7. The molecule has 0 saturated heterocycles. The van der Waals surface area contributed by atoms with Crippen molar-refractivity contribution in [3.05, 3.63) is 39.9 Å². The predicted octanol–water partition coefficient (Wildman–Crippen LogP) is 3.41. The molecule has 2 aromatic rings. The summed E-state index contributed by atoms with van der Waals surface area (Å²) in [7, 11) is 1.38. The largest absolute Gasteiger partial charge is 0.480 e. The third kappa shape index (κ3) is 2.52.